The smallest absolute Gasteiger partial charge is 0.0944 e. The highest BCUT2D eigenvalue weighted by molar-refractivity contribution is 7.09. The Labute approximate surface area is 121 Å². The van der Waals surface area contributed by atoms with Gasteiger partial charge in [-0.3, -0.25) is 0 Å². The summed E-state index contributed by atoms with van der Waals surface area (Å²) >= 11 is 1.78. The molecule has 3 unspecified atom stereocenters. The maximum absolute atomic E-state index is 6.41. The van der Waals surface area contributed by atoms with E-state index in [1.807, 2.05) is 0 Å². The SMILES string of the molecule is CCC1CCC(C(N)Cc2nc(C(C)(C)C)cs2)C1. The molecule has 1 heterocycles. The van der Waals surface area contributed by atoms with E-state index in [1.165, 1.54) is 36.4 Å². The van der Waals surface area contributed by atoms with Crippen molar-refractivity contribution in [3.8, 4) is 0 Å². The minimum absolute atomic E-state index is 0.152. The molecule has 108 valence electrons. The predicted octanol–water partition coefficient (Wildman–Crippen LogP) is 4.14. The summed E-state index contributed by atoms with van der Waals surface area (Å²) < 4.78 is 0. The average molecular weight is 280 g/mol. The summed E-state index contributed by atoms with van der Waals surface area (Å²) in [6.45, 7) is 8.95. The van der Waals surface area contributed by atoms with Gasteiger partial charge in [-0.1, -0.05) is 40.5 Å². The average Bonchev–Trinajstić information content (AvgIpc) is 2.95. The van der Waals surface area contributed by atoms with Crippen LogP contribution in [0.25, 0.3) is 0 Å². The molecule has 0 aromatic carbocycles. The Morgan fingerprint density at radius 1 is 1.42 bits per heavy atom. The fraction of sp³-hybridized carbons (Fsp3) is 0.812. The fourth-order valence-electron chi connectivity index (χ4n) is 2.99. The quantitative estimate of drug-likeness (QED) is 0.900. The summed E-state index contributed by atoms with van der Waals surface area (Å²) in [5.41, 5.74) is 7.77. The molecule has 0 radical (unpaired) electrons. The minimum Gasteiger partial charge on any atom is -0.327 e. The molecule has 19 heavy (non-hydrogen) atoms. The third kappa shape index (κ3) is 3.79. The van der Waals surface area contributed by atoms with Gasteiger partial charge in [0.1, 0.15) is 0 Å². The van der Waals surface area contributed by atoms with Crippen molar-refractivity contribution in [2.24, 2.45) is 17.6 Å². The fourth-order valence-corrected chi connectivity index (χ4v) is 4.08. The van der Waals surface area contributed by atoms with Crippen LogP contribution in [0.3, 0.4) is 0 Å². The van der Waals surface area contributed by atoms with Crippen LogP contribution in [-0.4, -0.2) is 11.0 Å². The zero-order chi connectivity index (χ0) is 14.0. The van der Waals surface area contributed by atoms with Gasteiger partial charge >= 0.3 is 0 Å². The van der Waals surface area contributed by atoms with Crippen LogP contribution < -0.4 is 5.73 Å². The molecule has 1 aromatic heterocycles. The third-order valence-corrected chi connectivity index (χ3v) is 5.37. The lowest BCUT2D eigenvalue weighted by atomic mass is 9.93. The van der Waals surface area contributed by atoms with Crippen molar-refractivity contribution in [1.29, 1.82) is 0 Å². The molecule has 1 aromatic rings. The zero-order valence-electron chi connectivity index (χ0n) is 12.8. The Balaban J connectivity index is 1.92. The van der Waals surface area contributed by atoms with Crippen molar-refractivity contribution in [3.05, 3.63) is 16.1 Å². The second-order valence-corrected chi connectivity index (χ2v) is 8.03. The lowest BCUT2D eigenvalue weighted by molar-refractivity contribution is 0.404. The Morgan fingerprint density at radius 2 is 2.16 bits per heavy atom. The van der Waals surface area contributed by atoms with Crippen molar-refractivity contribution in [1.82, 2.24) is 4.98 Å². The van der Waals surface area contributed by atoms with Gasteiger partial charge in [-0.2, -0.15) is 0 Å². The predicted molar refractivity (Wildman–Crippen MR) is 83.6 cm³/mol. The summed E-state index contributed by atoms with van der Waals surface area (Å²) in [4.78, 5) is 4.77. The number of aromatic nitrogens is 1. The highest BCUT2D eigenvalue weighted by atomic mass is 32.1. The van der Waals surface area contributed by atoms with Gasteiger partial charge in [0, 0.05) is 23.3 Å². The van der Waals surface area contributed by atoms with E-state index in [1.54, 1.807) is 11.3 Å². The molecule has 2 N–H and O–H groups in total. The van der Waals surface area contributed by atoms with Gasteiger partial charge in [0.15, 0.2) is 0 Å². The summed E-state index contributed by atoms with van der Waals surface area (Å²) in [7, 11) is 0. The minimum atomic E-state index is 0.152. The van der Waals surface area contributed by atoms with Crippen molar-refractivity contribution in [3.63, 3.8) is 0 Å². The topological polar surface area (TPSA) is 38.9 Å². The van der Waals surface area contributed by atoms with Crippen LogP contribution in [-0.2, 0) is 11.8 Å². The highest BCUT2D eigenvalue weighted by Gasteiger charge is 2.28. The molecule has 0 amide bonds. The first-order valence-corrected chi connectivity index (χ1v) is 8.48. The third-order valence-electron chi connectivity index (χ3n) is 4.50. The van der Waals surface area contributed by atoms with Crippen LogP contribution >= 0.6 is 11.3 Å². The summed E-state index contributed by atoms with van der Waals surface area (Å²) in [6.07, 6.45) is 6.29. The zero-order valence-corrected chi connectivity index (χ0v) is 13.6. The van der Waals surface area contributed by atoms with E-state index in [4.69, 9.17) is 10.7 Å². The normalized spacial score (nSPS) is 25.7. The molecule has 0 saturated heterocycles. The molecular weight excluding hydrogens is 252 g/mol. The van der Waals surface area contributed by atoms with Crippen molar-refractivity contribution in [2.45, 2.75) is 71.3 Å². The molecule has 2 rings (SSSR count). The first-order valence-electron chi connectivity index (χ1n) is 7.60. The van der Waals surface area contributed by atoms with E-state index in [9.17, 15) is 0 Å². The lowest BCUT2D eigenvalue weighted by Gasteiger charge is -2.18. The van der Waals surface area contributed by atoms with E-state index in [2.05, 4.69) is 33.1 Å². The van der Waals surface area contributed by atoms with Gasteiger partial charge in [-0.15, -0.1) is 11.3 Å². The van der Waals surface area contributed by atoms with Gasteiger partial charge in [0.25, 0.3) is 0 Å². The van der Waals surface area contributed by atoms with Gasteiger partial charge in [-0.25, -0.2) is 4.98 Å². The van der Waals surface area contributed by atoms with Crippen LogP contribution in [0.4, 0.5) is 0 Å². The Kier molecular flexibility index (Phi) is 4.67. The second kappa shape index (κ2) is 5.92. The molecule has 3 atom stereocenters. The number of nitrogens with two attached hydrogens (primary N) is 1. The van der Waals surface area contributed by atoms with Crippen LogP contribution in [0.15, 0.2) is 5.38 Å². The van der Waals surface area contributed by atoms with E-state index in [0.717, 1.165) is 12.3 Å². The van der Waals surface area contributed by atoms with Gasteiger partial charge < -0.3 is 5.73 Å². The summed E-state index contributed by atoms with van der Waals surface area (Å²) in [5, 5.41) is 3.42. The van der Waals surface area contributed by atoms with Crippen LogP contribution in [0.5, 0.6) is 0 Å². The van der Waals surface area contributed by atoms with Gasteiger partial charge in [-0.05, 0) is 24.7 Å². The van der Waals surface area contributed by atoms with E-state index < -0.39 is 0 Å². The Morgan fingerprint density at radius 3 is 2.68 bits per heavy atom. The molecule has 1 saturated carbocycles. The summed E-state index contributed by atoms with van der Waals surface area (Å²) in [5.74, 6) is 1.63. The number of hydrogen-bond acceptors (Lipinski definition) is 3. The first-order chi connectivity index (χ1) is 8.90. The van der Waals surface area contributed by atoms with Crippen LogP contribution in [0.1, 0.15) is 64.1 Å². The molecule has 2 nitrogen and oxygen atoms in total. The molecule has 1 aliphatic rings. The summed E-state index contributed by atoms with van der Waals surface area (Å²) in [6, 6.07) is 0.301. The number of hydrogen-bond donors (Lipinski definition) is 1. The van der Waals surface area contributed by atoms with E-state index in [-0.39, 0.29) is 5.41 Å². The molecule has 0 spiro atoms. The first kappa shape index (κ1) is 15.0. The lowest BCUT2D eigenvalue weighted by Crippen LogP contribution is -2.31. The van der Waals surface area contributed by atoms with Gasteiger partial charge in [0.05, 0.1) is 10.7 Å². The molecular formula is C16H28N2S. The van der Waals surface area contributed by atoms with Crippen molar-refractivity contribution in [2.75, 3.05) is 0 Å². The van der Waals surface area contributed by atoms with Crippen LogP contribution in [0, 0.1) is 11.8 Å². The molecule has 1 aliphatic carbocycles. The van der Waals surface area contributed by atoms with E-state index >= 15 is 0 Å². The van der Waals surface area contributed by atoms with E-state index in [0.29, 0.717) is 12.0 Å². The highest BCUT2D eigenvalue weighted by Crippen LogP contribution is 2.35. The van der Waals surface area contributed by atoms with Crippen molar-refractivity contribution < 1.29 is 0 Å². The molecule has 0 bridgehead atoms. The standard InChI is InChI=1S/C16H28N2S/c1-5-11-6-7-12(8-11)13(17)9-15-18-14(10-19-15)16(2,3)4/h10-13H,5-9,17H2,1-4H3. The number of thiazole rings is 1. The number of rotatable bonds is 4. The van der Waals surface area contributed by atoms with Gasteiger partial charge in [0.2, 0.25) is 0 Å². The van der Waals surface area contributed by atoms with Crippen molar-refractivity contribution >= 4 is 11.3 Å². The maximum atomic E-state index is 6.41. The maximum Gasteiger partial charge on any atom is 0.0944 e. The molecule has 3 heteroatoms. The molecule has 1 fully saturated rings. The monoisotopic (exact) mass is 280 g/mol. The number of nitrogens with zero attached hydrogens (tertiary/aromatic N) is 1. The van der Waals surface area contributed by atoms with Crippen LogP contribution in [0.2, 0.25) is 0 Å². The Hall–Kier alpha value is -0.410. The second-order valence-electron chi connectivity index (χ2n) is 7.09. The largest absolute Gasteiger partial charge is 0.327 e. The Bertz CT molecular complexity index is 405. The molecule has 0 aliphatic heterocycles.